The minimum atomic E-state index is -0.392. The second kappa shape index (κ2) is 5.74. The van der Waals surface area contributed by atoms with Crippen molar-refractivity contribution in [1.29, 1.82) is 0 Å². The van der Waals surface area contributed by atoms with Gasteiger partial charge in [0, 0.05) is 21.8 Å². The lowest BCUT2D eigenvalue weighted by Gasteiger charge is -2.05. The Bertz CT molecular complexity index is 1030. The Morgan fingerprint density at radius 3 is 2.33 bits per heavy atom. The molecule has 1 heterocycles. The zero-order chi connectivity index (χ0) is 16.5. The molecule has 0 bridgehead atoms. The maximum Gasteiger partial charge on any atom is 0.343 e. The molecule has 0 amide bonds. The number of ether oxygens (including phenoxy) is 2. The molecule has 4 aromatic rings. The van der Waals surface area contributed by atoms with E-state index < -0.39 is 5.97 Å². The molecule has 4 rings (SSSR count). The number of hydrogen-bond donors (Lipinski definition) is 1. The van der Waals surface area contributed by atoms with Gasteiger partial charge in [-0.1, -0.05) is 18.2 Å². The molecule has 3 aromatic carbocycles. The molecule has 0 atom stereocenters. The van der Waals surface area contributed by atoms with Crippen LogP contribution in [0.25, 0.3) is 21.8 Å². The van der Waals surface area contributed by atoms with E-state index in [9.17, 15) is 4.79 Å². The fourth-order valence-corrected chi connectivity index (χ4v) is 2.78. The summed E-state index contributed by atoms with van der Waals surface area (Å²) in [7, 11) is 1.59. The molecule has 0 unspecified atom stereocenters. The molecular formula is C20H15NO3. The highest BCUT2D eigenvalue weighted by atomic mass is 16.5. The third kappa shape index (κ3) is 2.48. The number of carbonyl (C=O) groups is 1. The van der Waals surface area contributed by atoms with Gasteiger partial charge in [0.1, 0.15) is 11.5 Å². The number of fused-ring (bicyclic) bond motifs is 3. The maximum absolute atomic E-state index is 12.3. The molecule has 1 N–H and O–H groups in total. The van der Waals surface area contributed by atoms with E-state index in [1.54, 1.807) is 37.4 Å². The van der Waals surface area contributed by atoms with E-state index >= 15 is 0 Å². The van der Waals surface area contributed by atoms with Crippen LogP contribution in [0.1, 0.15) is 10.4 Å². The van der Waals surface area contributed by atoms with Crippen LogP contribution in [0.3, 0.4) is 0 Å². The van der Waals surface area contributed by atoms with E-state index in [4.69, 9.17) is 9.47 Å². The first kappa shape index (κ1) is 14.3. The summed E-state index contributed by atoms with van der Waals surface area (Å²) in [6, 6.07) is 20.5. The first-order valence-corrected chi connectivity index (χ1v) is 7.61. The van der Waals surface area contributed by atoms with Crippen molar-refractivity contribution >= 4 is 27.8 Å². The van der Waals surface area contributed by atoms with Crippen molar-refractivity contribution in [2.75, 3.05) is 7.11 Å². The van der Waals surface area contributed by atoms with Crippen molar-refractivity contribution in [2.24, 2.45) is 0 Å². The van der Waals surface area contributed by atoms with Crippen molar-refractivity contribution in [3.05, 3.63) is 72.3 Å². The van der Waals surface area contributed by atoms with E-state index in [2.05, 4.69) is 4.98 Å². The number of carbonyl (C=O) groups excluding carboxylic acids is 1. The number of para-hydroxylation sites is 1. The number of benzene rings is 3. The summed E-state index contributed by atoms with van der Waals surface area (Å²) in [4.78, 5) is 15.6. The van der Waals surface area contributed by atoms with Crippen molar-refractivity contribution in [3.63, 3.8) is 0 Å². The lowest BCUT2D eigenvalue weighted by Crippen LogP contribution is -2.08. The monoisotopic (exact) mass is 317 g/mol. The normalized spacial score (nSPS) is 10.9. The lowest BCUT2D eigenvalue weighted by molar-refractivity contribution is 0.0735. The van der Waals surface area contributed by atoms with Gasteiger partial charge in [-0.25, -0.2) is 4.79 Å². The summed E-state index contributed by atoms with van der Waals surface area (Å²) in [5.41, 5.74) is 2.56. The smallest absolute Gasteiger partial charge is 0.343 e. The highest BCUT2D eigenvalue weighted by molar-refractivity contribution is 6.07. The first-order chi connectivity index (χ1) is 11.7. The molecule has 0 fully saturated rings. The second-order valence-electron chi connectivity index (χ2n) is 5.50. The Labute approximate surface area is 138 Å². The third-order valence-electron chi connectivity index (χ3n) is 4.01. The van der Waals surface area contributed by atoms with Crippen molar-refractivity contribution in [3.8, 4) is 11.5 Å². The van der Waals surface area contributed by atoms with Crippen LogP contribution in [0.2, 0.25) is 0 Å². The molecule has 0 saturated carbocycles. The van der Waals surface area contributed by atoms with Gasteiger partial charge in [0.25, 0.3) is 0 Å². The summed E-state index contributed by atoms with van der Waals surface area (Å²) in [6.07, 6.45) is 0. The summed E-state index contributed by atoms with van der Waals surface area (Å²) in [6.45, 7) is 0. The molecule has 0 saturated heterocycles. The second-order valence-corrected chi connectivity index (χ2v) is 5.50. The van der Waals surface area contributed by atoms with Crippen LogP contribution in [-0.4, -0.2) is 18.1 Å². The van der Waals surface area contributed by atoms with Crippen molar-refractivity contribution in [2.45, 2.75) is 0 Å². The average molecular weight is 317 g/mol. The number of aromatic nitrogens is 1. The summed E-state index contributed by atoms with van der Waals surface area (Å²) in [5.74, 6) is 0.830. The zero-order valence-corrected chi connectivity index (χ0v) is 13.1. The summed E-state index contributed by atoms with van der Waals surface area (Å²) >= 11 is 0. The van der Waals surface area contributed by atoms with E-state index in [1.165, 1.54) is 0 Å². The van der Waals surface area contributed by atoms with E-state index in [1.807, 2.05) is 36.4 Å². The highest BCUT2D eigenvalue weighted by Gasteiger charge is 2.11. The predicted molar refractivity (Wildman–Crippen MR) is 93.8 cm³/mol. The standard InChI is InChI=1S/C20H15NO3/c1-23-14-8-6-13(7-9-14)20(22)24-15-10-11-19-17(12-15)16-4-2-3-5-18(16)21-19/h2-12,21H,1H3. The van der Waals surface area contributed by atoms with Crippen molar-refractivity contribution in [1.82, 2.24) is 4.98 Å². The zero-order valence-electron chi connectivity index (χ0n) is 13.1. The fourth-order valence-electron chi connectivity index (χ4n) is 2.78. The number of nitrogens with one attached hydrogen (secondary N) is 1. The number of hydrogen-bond acceptors (Lipinski definition) is 3. The molecule has 0 aliphatic rings. The Kier molecular flexibility index (Phi) is 3.43. The molecule has 0 spiro atoms. The van der Waals surface area contributed by atoms with Crippen molar-refractivity contribution < 1.29 is 14.3 Å². The lowest BCUT2D eigenvalue weighted by atomic mass is 10.1. The van der Waals surface area contributed by atoms with Crippen LogP contribution < -0.4 is 9.47 Å². The minimum Gasteiger partial charge on any atom is -0.497 e. The largest absolute Gasteiger partial charge is 0.497 e. The molecule has 118 valence electrons. The van der Waals surface area contributed by atoms with Crippen LogP contribution in [-0.2, 0) is 0 Å². The predicted octanol–water partition coefficient (Wildman–Crippen LogP) is 4.55. The molecule has 0 radical (unpaired) electrons. The molecule has 4 heteroatoms. The topological polar surface area (TPSA) is 51.3 Å². The summed E-state index contributed by atoms with van der Waals surface area (Å²) in [5, 5.41) is 2.14. The van der Waals surface area contributed by atoms with Gasteiger partial charge in [0.05, 0.1) is 12.7 Å². The van der Waals surface area contributed by atoms with E-state index in [0.29, 0.717) is 17.1 Å². The quantitative estimate of drug-likeness (QED) is 0.445. The number of methoxy groups -OCH3 is 1. The molecule has 24 heavy (non-hydrogen) atoms. The van der Waals surface area contributed by atoms with Gasteiger partial charge in [0.2, 0.25) is 0 Å². The Morgan fingerprint density at radius 2 is 1.54 bits per heavy atom. The summed E-state index contributed by atoms with van der Waals surface area (Å²) < 4.78 is 10.6. The van der Waals surface area contributed by atoms with Crippen LogP contribution in [0.15, 0.2) is 66.7 Å². The number of esters is 1. The Balaban J connectivity index is 1.66. The van der Waals surface area contributed by atoms with Gasteiger partial charge in [-0.3, -0.25) is 0 Å². The Morgan fingerprint density at radius 1 is 0.833 bits per heavy atom. The highest BCUT2D eigenvalue weighted by Crippen LogP contribution is 2.28. The van der Waals surface area contributed by atoms with Gasteiger partial charge < -0.3 is 14.5 Å². The first-order valence-electron chi connectivity index (χ1n) is 7.61. The maximum atomic E-state index is 12.3. The van der Waals surface area contributed by atoms with Crippen LogP contribution in [0.5, 0.6) is 11.5 Å². The minimum absolute atomic E-state index is 0.392. The fraction of sp³-hybridized carbons (Fsp3) is 0.0500. The SMILES string of the molecule is COc1ccc(C(=O)Oc2ccc3[nH]c4ccccc4c3c2)cc1. The molecule has 0 aliphatic heterocycles. The molecule has 1 aromatic heterocycles. The van der Waals surface area contributed by atoms with E-state index in [-0.39, 0.29) is 0 Å². The van der Waals surface area contributed by atoms with Crippen LogP contribution in [0.4, 0.5) is 0 Å². The number of aromatic amines is 1. The van der Waals surface area contributed by atoms with Gasteiger partial charge in [-0.2, -0.15) is 0 Å². The molecule has 0 aliphatic carbocycles. The van der Waals surface area contributed by atoms with Gasteiger partial charge in [0.15, 0.2) is 0 Å². The van der Waals surface area contributed by atoms with E-state index in [0.717, 1.165) is 21.8 Å². The van der Waals surface area contributed by atoms with Gasteiger partial charge >= 0.3 is 5.97 Å². The van der Waals surface area contributed by atoms with Crippen LogP contribution >= 0.6 is 0 Å². The molecular weight excluding hydrogens is 302 g/mol. The van der Waals surface area contributed by atoms with Crippen LogP contribution in [0, 0.1) is 0 Å². The van der Waals surface area contributed by atoms with Gasteiger partial charge in [-0.05, 0) is 48.5 Å². The Hall–Kier alpha value is -3.27. The van der Waals surface area contributed by atoms with Gasteiger partial charge in [-0.15, -0.1) is 0 Å². The third-order valence-corrected chi connectivity index (χ3v) is 4.01. The number of rotatable bonds is 3. The number of H-pyrrole nitrogens is 1. The average Bonchev–Trinajstić information content (AvgIpc) is 3.00. The molecule has 4 nitrogen and oxygen atoms in total.